The number of halogens is 1. The summed E-state index contributed by atoms with van der Waals surface area (Å²) in [5.74, 6) is 1.49. The van der Waals surface area contributed by atoms with E-state index in [0.717, 1.165) is 18.8 Å². The molecule has 1 aliphatic rings. The molecule has 1 saturated carbocycles. The van der Waals surface area contributed by atoms with Crippen LogP contribution < -0.4 is 5.32 Å². The first-order valence-corrected chi connectivity index (χ1v) is 8.05. The van der Waals surface area contributed by atoms with E-state index in [1.54, 1.807) is 12.1 Å². The van der Waals surface area contributed by atoms with E-state index in [-0.39, 0.29) is 10.6 Å². The molecule has 21 heavy (non-hydrogen) atoms. The normalized spacial score (nSPS) is 22.9. The van der Waals surface area contributed by atoms with E-state index < -0.39 is 0 Å². The maximum absolute atomic E-state index is 11.1. The number of rotatable bonds is 4. The van der Waals surface area contributed by atoms with Gasteiger partial charge in [-0.1, -0.05) is 38.3 Å². The Hall–Kier alpha value is -1.29. The molecule has 0 bridgehead atoms. The average Bonchev–Trinajstić information content (AvgIpc) is 2.66. The Kier molecular flexibility index (Phi) is 5.45. The molecule has 1 aromatic rings. The van der Waals surface area contributed by atoms with Gasteiger partial charge in [0.2, 0.25) is 0 Å². The smallest absolute Gasteiger partial charge is 0.293 e. The summed E-state index contributed by atoms with van der Waals surface area (Å²) in [4.78, 5) is 10.8. The fourth-order valence-electron chi connectivity index (χ4n) is 3.14. The lowest BCUT2D eigenvalue weighted by Crippen LogP contribution is -2.19. The zero-order chi connectivity index (χ0) is 15.4. The minimum Gasteiger partial charge on any atom is -0.377 e. The maximum Gasteiger partial charge on any atom is 0.293 e. The largest absolute Gasteiger partial charge is 0.377 e. The quantitative estimate of drug-likeness (QED) is 0.468. The van der Waals surface area contributed by atoms with Gasteiger partial charge < -0.3 is 5.32 Å². The molecule has 1 fully saturated rings. The van der Waals surface area contributed by atoms with Gasteiger partial charge in [-0.3, -0.25) is 10.1 Å². The van der Waals surface area contributed by atoms with Crippen LogP contribution in [0.5, 0.6) is 0 Å². The Morgan fingerprint density at radius 1 is 1.29 bits per heavy atom. The van der Waals surface area contributed by atoms with Gasteiger partial charge in [0.1, 0.15) is 5.69 Å². The summed E-state index contributed by atoms with van der Waals surface area (Å²) in [7, 11) is 0. The summed E-state index contributed by atoms with van der Waals surface area (Å²) in [6.45, 7) is 4.56. The summed E-state index contributed by atoms with van der Waals surface area (Å²) >= 11 is 5.85. The molecule has 1 aliphatic carbocycles. The summed E-state index contributed by atoms with van der Waals surface area (Å²) in [6.07, 6.45) is 5.78. The number of nitro groups is 1. The maximum atomic E-state index is 11.1. The van der Waals surface area contributed by atoms with Gasteiger partial charge in [-0.05, 0) is 43.2 Å². The third-order valence-corrected chi connectivity index (χ3v) is 4.71. The third kappa shape index (κ3) is 4.34. The number of hydrogen-bond acceptors (Lipinski definition) is 3. The van der Waals surface area contributed by atoms with Crippen LogP contribution in [0.25, 0.3) is 0 Å². The first kappa shape index (κ1) is 16.1. The van der Waals surface area contributed by atoms with Crippen LogP contribution in [0.4, 0.5) is 11.4 Å². The lowest BCUT2D eigenvalue weighted by Gasteiger charge is -2.19. The van der Waals surface area contributed by atoms with E-state index in [2.05, 4.69) is 19.2 Å². The number of nitrogens with zero attached hydrogens (tertiary/aromatic N) is 1. The highest BCUT2D eigenvalue weighted by Gasteiger charge is 2.23. The predicted octanol–water partition coefficient (Wildman–Crippen LogP) is 5.27. The molecule has 2 atom stereocenters. The Balaban J connectivity index is 2.06. The Morgan fingerprint density at radius 3 is 2.71 bits per heavy atom. The zero-order valence-electron chi connectivity index (χ0n) is 12.6. The standard InChI is InChI=1S/C16H23ClN2O2/c1-11(2)12-4-3-5-14(8-6-12)18-15-9-7-13(17)10-16(15)19(20)21/h7,9-12,14,18H,3-6,8H2,1-2H3. The SMILES string of the molecule is CC(C)C1CCCC(Nc2ccc(Cl)cc2[N+](=O)[O-])CC1. The first-order valence-electron chi connectivity index (χ1n) is 7.68. The molecular formula is C16H23ClN2O2. The van der Waals surface area contributed by atoms with E-state index in [1.807, 2.05) is 0 Å². The van der Waals surface area contributed by atoms with Crippen LogP contribution in [0.2, 0.25) is 5.02 Å². The number of nitrogens with one attached hydrogen (secondary N) is 1. The van der Waals surface area contributed by atoms with Gasteiger partial charge in [0, 0.05) is 17.1 Å². The van der Waals surface area contributed by atoms with Gasteiger partial charge in [0.05, 0.1) is 4.92 Å². The number of hydrogen-bond donors (Lipinski definition) is 1. The minimum absolute atomic E-state index is 0.0622. The van der Waals surface area contributed by atoms with Gasteiger partial charge in [0.25, 0.3) is 5.69 Å². The van der Waals surface area contributed by atoms with E-state index in [9.17, 15) is 10.1 Å². The zero-order valence-corrected chi connectivity index (χ0v) is 13.4. The van der Waals surface area contributed by atoms with Gasteiger partial charge in [-0.2, -0.15) is 0 Å². The van der Waals surface area contributed by atoms with Crippen molar-refractivity contribution in [3.8, 4) is 0 Å². The summed E-state index contributed by atoms with van der Waals surface area (Å²) < 4.78 is 0. The Labute approximate surface area is 131 Å². The van der Waals surface area contributed by atoms with Crippen molar-refractivity contribution >= 4 is 23.0 Å². The van der Waals surface area contributed by atoms with E-state index >= 15 is 0 Å². The topological polar surface area (TPSA) is 55.2 Å². The second kappa shape index (κ2) is 7.12. The molecular weight excluding hydrogens is 288 g/mol. The molecule has 0 aromatic heterocycles. The van der Waals surface area contributed by atoms with Crippen molar-refractivity contribution in [2.45, 2.75) is 52.0 Å². The average molecular weight is 311 g/mol. The van der Waals surface area contributed by atoms with Crippen LogP contribution in [0.3, 0.4) is 0 Å². The van der Waals surface area contributed by atoms with Gasteiger partial charge in [-0.15, -0.1) is 0 Å². The molecule has 0 amide bonds. The summed E-state index contributed by atoms with van der Waals surface area (Å²) in [5, 5.41) is 14.9. The van der Waals surface area contributed by atoms with Crippen LogP contribution in [0, 0.1) is 22.0 Å². The number of nitro benzene ring substituents is 1. The lowest BCUT2D eigenvalue weighted by atomic mass is 9.89. The second-order valence-electron chi connectivity index (χ2n) is 6.27. The minimum atomic E-state index is -0.373. The molecule has 2 rings (SSSR count). The van der Waals surface area contributed by atoms with Gasteiger partial charge in [0.15, 0.2) is 0 Å². The predicted molar refractivity (Wildman–Crippen MR) is 86.9 cm³/mol. The van der Waals surface area contributed by atoms with Gasteiger partial charge >= 0.3 is 0 Å². The fraction of sp³-hybridized carbons (Fsp3) is 0.625. The van der Waals surface area contributed by atoms with Crippen molar-refractivity contribution in [3.05, 3.63) is 33.3 Å². The number of benzene rings is 1. The molecule has 116 valence electrons. The highest BCUT2D eigenvalue weighted by molar-refractivity contribution is 6.30. The first-order chi connectivity index (χ1) is 9.97. The van der Waals surface area contributed by atoms with Crippen molar-refractivity contribution in [1.82, 2.24) is 0 Å². The molecule has 0 saturated heterocycles. The van der Waals surface area contributed by atoms with Crippen LogP contribution in [0.1, 0.15) is 46.0 Å². The van der Waals surface area contributed by atoms with Crippen LogP contribution in [0.15, 0.2) is 18.2 Å². The fourth-order valence-corrected chi connectivity index (χ4v) is 3.31. The molecule has 5 heteroatoms. The molecule has 1 aromatic carbocycles. The van der Waals surface area contributed by atoms with Crippen LogP contribution >= 0.6 is 11.6 Å². The van der Waals surface area contributed by atoms with E-state index in [0.29, 0.717) is 22.7 Å². The number of anilines is 1. The van der Waals surface area contributed by atoms with E-state index in [1.165, 1.54) is 25.3 Å². The van der Waals surface area contributed by atoms with Crippen molar-refractivity contribution < 1.29 is 4.92 Å². The lowest BCUT2D eigenvalue weighted by molar-refractivity contribution is -0.384. The second-order valence-corrected chi connectivity index (χ2v) is 6.71. The third-order valence-electron chi connectivity index (χ3n) is 4.47. The Bertz CT molecular complexity index is 505. The summed E-state index contributed by atoms with van der Waals surface area (Å²) in [5.41, 5.74) is 0.643. The molecule has 4 nitrogen and oxygen atoms in total. The molecule has 1 N–H and O–H groups in total. The molecule has 0 spiro atoms. The Morgan fingerprint density at radius 2 is 2.05 bits per heavy atom. The molecule has 2 unspecified atom stereocenters. The van der Waals surface area contributed by atoms with Crippen molar-refractivity contribution in [2.24, 2.45) is 11.8 Å². The summed E-state index contributed by atoms with van der Waals surface area (Å²) in [6, 6.07) is 5.14. The van der Waals surface area contributed by atoms with Crippen molar-refractivity contribution in [3.63, 3.8) is 0 Å². The van der Waals surface area contributed by atoms with Crippen LogP contribution in [-0.4, -0.2) is 11.0 Å². The highest BCUT2D eigenvalue weighted by Crippen LogP contribution is 2.33. The monoisotopic (exact) mass is 310 g/mol. The van der Waals surface area contributed by atoms with E-state index in [4.69, 9.17) is 11.6 Å². The van der Waals surface area contributed by atoms with Gasteiger partial charge in [-0.25, -0.2) is 0 Å². The van der Waals surface area contributed by atoms with Crippen LogP contribution in [-0.2, 0) is 0 Å². The van der Waals surface area contributed by atoms with Crippen molar-refractivity contribution in [1.29, 1.82) is 0 Å². The van der Waals surface area contributed by atoms with Crippen molar-refractivity contribution in [2.75, 3.05) is 5.32 Å². The molecule has 0 heterocycles. The highest BCUT2D eigenvalue weighted by atomic mass is 35.5. The molecule has 0 radical (unpaired) electrons. The molecule has 0 aliphatic heterocycles.